The van der Waals surface area contributed by atoms with Crippen LogP contribution >= 0.6 is 0 Å². The summed E-state index contributed by atoms with van der Waals surface area (Å²) in [4.78, 5) is 30.4. The fourth-order valence-corrected chi connectivity index (χ4v) is 1.75. The second-order valence-corrected chi connectivity index (χ2v) is 4.27. The lowest BCUT2D eigenvalue weighted by Gasteiger charge is -2.14. The van der Waals surface area contributed by atoms with Gasteiger partial charge < -0.3 is 14.6 Å². The molecule has 0 saturated carbocycles. The topological polar surface area (TPSA) is 101 Å². The number of nitrogens with zero attached hydrogens (tertiary/aromatic N) is 3. The van der Waals surface area contributed by atoms with E-state index in [9.17, 15) is 14.9 Å². The lowest BCUT2D eigenvalue weighted by molar-refractivity contribution is -0.384. The van der Waals surface area contributed by atoms with Gasteiger partial charge in [0.25, 0.3) is 5.69 Å². The molecular weight excluding hydrogens is 264 g/mol. The maximum Gasteiger partial charge on any atom is 0.307 e. The van der Waals surface area contributed by atoms with Crippen molar-refractivity contribution in [1.82, 2.24) is 9.97 Å². The number of ether oxygens (including phenoxy) is 1. The fraction of sp³-hybridized carbons (Fsp3) is 0.333. The van der Waals surface area contributed by atoms with Crippen molar-refractivity contribution < 1.29 is 14.5 Å². The largest absolute Gasteiger partial charge is 0.469 e. The van der Waals surface area contributed by atoms with Gasteiger partial charge in [0.15, 0.2) is 0 Å². The molecule has 106 valence electrons. The highest BCUT2D eigenvalue weighted by Gasteiger charge is 2.12. The first-order valence-corrected chi connectivity index (χ1v) is 5.93. The zero-order chi connectivity index (χ0) is 14.7. The number of benzene rings is 1. The lowest BCUT2D eigenvalue weighted by Crippen LogP contribution is -2.22. The molecule has 0 saturated heterocycles. The third-order valence-electron chi connectivity index (χ3n) is 2.90. The van der Waals surface area contributed by atoms with E-state index in [0.29, 0.717) is 23.5 Å². The molecule has 0 aliphatic heterocycles. The van der Waals surface area contributed by atoms with Crippen LogP contribution in [0.1, 0.15) is 6.42 Å². The van der Waals surface area contributed by atoms with E-state index < -0.39 is 4.92 Å². The number of nitro benzene ring substituents is 1. The molecule has 0 radical (unpaired) electrons. The highest BCUT2D eigenvalue weighted by atomic mass is 16.6. The number of methoxy groups -OCH3 is 1. The molecule has 1 N–H and O–H groups in total. The molecular formula is C12H14N4O4. The molecule has 0 aliphatic carbocycles. The van der Waals surface area contributed by atoms with Gasteiger partial charge in [-0.25, -0.2) is 4.98 Å². The van der Waals surface area contributed by atoms with Gasteiger partial charge in [0.2, 0.25) is 5.95 Å². The molecule has 1 aromatic heterocycles. The Bertz CT molecular complexity index is 652. The molecule has 8 nitrogen and oxygen atoms in total. The van der Waals surface area contributed by atoms with E-state index in [1.807, 2.05) is 0 Å². The summed E-state index contributed by atoms with van der Waals surface area (Å²) in [5.74, 6) is 0.244. The number of nitrogens with one attached hydrogen (secondary N) is 1. The third-order valence-corrected chi connectivity index (χ3v) is 2.90. The van der Waals surface area contributed by atoms with E-state index in [1.165, 1.54) is 19.2 Å². The predicted octanol–water partition coefficient (Wildman–Crippen LogP) is 1.47. The van der Waals surface area contributed by atoms with Crippen LogP contribution in [0.3, 0.4) is 0 Å². The minimum Gasteiger partial charge on any atom is -0.469 e. The zero-order valence-electron chi connectivity index (χ0n) is 11.1. The highest BCUT2D eigenvalue weighted by molar-refractivity contribution is 5.80. The van der Waals surface area contributed by atoms with Crippen LogP contribution in [-0.2, 0) is 9.53 Å². The number of non-ortho nitro benzene ring substituents is 1. The van der Waals surface area contributed by atoms with E-state index in [1.54, 1.807) is 18.0 Å². The first-order valence-electron chi connectivity index (χ1n) is 5.93. The summed E-state index contributed by atoms with van der Waals surface area (Å²) in [7, 11) is 3.11. The number of imidazole rings is 1. The third kappa shape index (κ3) is 2.85. The Hall–Kier alpha value is -2.64. The normalized spacial score (nSPS) is 10.5. The van der Waals surface area contributed by atoms with Gasteiger partial charge in [-0.2, -0.15) is 0 Å². The Morgan fingerprint density at radius 3 is 2.95 bits per heavy atom. The molecule has 20 heavy (non-hydrogen) atoms. The molecule has 0 atom stereocenters. The van der Waals surface area contributed by atoms with Crippen molar-refractivity contribution in [3.63, 3.8) is 0 Å². The number of anilines is 1. The van der Waals surface area contributed by atoms with E-state index >= 15 is 0 Å². The molecule has 8 heteroatoms. The molecule has 0 aliphatic rings. The van der Waals surface area contributed by atoms with E-state index in [2.05, 4.69) is 14.7 Å². The van der Waals surface area contributed by atoms with Crippen molar-refractivity contribution in [2.45, 2.75) is 6.42 Å². The summed E-state index contributed by atoms with van der Waals surface area (Å²) < 4.78 is 4.57. The average Bonchev–Trinajstić information content (AvgIpc) is 2.87. The SMILES string of the molecule is COC(=O)CCN(C)c1nc2ccc([N+](=O)[O-])cc2[nH]1. The van der Waals surface area contributed by atoms with Crippen molar-refractivity contribution in [3.05, 3.63) is 28.3 Å². The van der Waals surface area contributed by atoms with E-state index in [0.717, 1.165) is 0 Å². The van der Waals surface area contributed by atoms with Crippen molar-refractivity contribution in [2.24, 2.45) is 0 Å². The maximum atomic E-state index is 11.1. The van der Waals surface area contributed by atoms with Gasteiger partial charge in [-0.1, -0.05) is 0 Å². The Morgan fingerprint density at radius 2 is 2.30 bits per heavy atom. The van der Waals surface area contributed by atoms with Crippen LogP contribution in [0, 0.1) is 10.1 Å². The Balaban J connectivity index is 2.18. The van der Waals surface area contributed by atoms with Gasteiger partial charge in [0.1, 0.15) is 0 Å². The summed E-state index contributed by atoms with van der Waals surface area (Å²) in [6.07, 6.45) is 0.240. The lowest BCUT2D eigenvalue weighted by atomic mass is 10.3. The Labute approximate surface area is 114 Å². The number of H-pyrrole nitrogens is 1. The number of hydrogen-bond acceptors (Lipinski definition) is 6. The minimum atomic E-state index is -0.457. The molecule has 2 aromatic rings. The predicted molar refractivity (Wildman–Crippen MR) is 72.7 cm³/mol. The summed E-state index contributed by atoms with van der Waals surface area (Å²) in [5, 5.41) is 10.7. The van der Waals surface area contributed by atoms with Gasteiger partial charge in [-0.3, -0.25) is 14.9 Å². The molecule has 0 bridgehead atoms. The summed E-state index contributed by atoms with van der Waals surface area (Å²) >= 11 is 0. The van der Waals surface area contributed by atoms with Crippen LogP contribution < -0.4 is 4.90 Å². The van der Waals surface area contributed by atoms with Crippen LogP contribution in [0.2, 0.25) is 0 Å². The maximum absolute atomic E-state index is 11.1. The van der Waals surface area contributed by atoms with Crippen LogP contribution in [0.4, 0.5) is 11.6 Å². The monoisotopic (exact) mass is 278 g/mol. The first kappa shape index (κ1) is 13.8. The molecule has 1 heterocycles. The van der Waals surface area contributed by atoms with Crippen LogP contribution in [0.5, 0.6) is 0 Å². The van der Waals surface area contributed by atoms with Gasteiger partial charge in [0, 0.05) is 25.7 Å². The highest BCUT2D eigenvalue weighted by Crippen LogP contribution is 2.21. The molecule has 2 rings (SSSR count). The van der Waals surface area contributed by atoms with Gasteiger partial charge in [-0.05, 0) is 6.07 Å². The second kappa shape index (κ2) is 5.55. The number of carbonyl (C=O) groups is 1. The second-order valence-electron chi connectivity index (χ2n) is 4.27. The Kier molecular flexibility index (Phi) is 3.83. The fourth-order valence-electron chi connectivity index (χ4n) is 1.75. The molecule has 0 amide bonds. The standard InChI is InChI=1S/C12H14N4O4/c1-15(6-5-11(17)20-2)12-13-9-4-3-8(16(18)19)7-10(9)14-12/h3-4,7H,5-6H2,1-2H3,(H,13,14). The van der Waals surface area contributed by atoms with Gasteiger partial charge >= 0.3 is 5.97 Å². The number of fused-ring (bicyclic) bond motifs is 1. The number of aromatic nitrogens is 2. The summed E-state index contributed by atoms with van der Waals surface area (Å²) in [5.41, 5.74) is 1.22. The summed E-state index contributed by atoms with van der Waals surface area (Å²) in [6.45, 7) is 0.439. The van der Waals surface area contributed by atoms with Crippen LogP contribution in [0.15, 0.2) is 18.2 Å². The smallest absolute Gasteiger partial charge is 0.307 e. The first-order chi connectivity index (χ1) is 9.51. The quantitative estimate of drug-likeness (QED) is 0.505. The number of carbonyl (C=O) groups excluding carboxylic acids is 1. The Morgan fingerprint density at radius 1 is 1.55 bits per heavy atom. The molecule has 0 unspecified atom stereocenters. The van der Waals surface area contributed by atoms with Gasteiger partial charge in [0.05, 0.1) is 29.5 Å². The van der Waals surface area contributed by atoms with E-state index in [-0.39, 0.29) is 18.1 Å². The van der Waals surface area contributed by atoms with Crippen molar-refractivity contribution in [3.8, 4) is 0 Å². The molecule has 0 fully saturated rings. The molecule has 1 aromatic carbocycles. The number of hydrogen-bond donors (Lipinski definition) is 1. The van der Waals surface area contributed by atoms with Crippen molar-refractivity contribution in [1.29, 1.82) is 0 Å². The number of esters is 1. The minimum absolute atomic E-state index is 0.00455. The van der Waals surface area contributed by atoms with Crippen molar-refractivity contribution >= 4 is 28.6 Å². The van der Waals surface area contributed by atoms with Crippen LogP contribution in [0.25, 0.3) is 11.0 Å². The number of nitro groups is 1. The molecule has 0 spiro atoms. The van der Waals surface area contributed by atoms with E-state index in [4.69, 9.17) is 0 Å². The summed E-state index contributed by atoms with van der Waals surface area (Å²) in [6, 6.07) is 4.42. The van der Waals surface area contributed by atoms with Gasteiger partial charge in [-0.15, -0.1) is 0 Å². The zero-order valence-corrected chi connectivity index (χ0v) is 11.1. The average molecular weight is 278 g/mol. The number of aromatic amines is 1. The van der Waals surface area contributed by atoms with Crippen LogP contribution in [-0.4, -0.2) is 41.6 Å². The number of rotatable bonds is 5. The van der Waals surface area contributed by atoms with Crippen molar-refractivity contribution in [2.75, 3.05) is 25.6 Å².